The minimum atomic E-state index is -0.832. The van der Waals surface area contributed by atoms with Gasteiger partial charge in [0.05, 0.1) is 12.6 Å². The van der Waals surface area contributed by atoms with Crippen molar-refractivity contribution in [3.05, 3.63) is 48.3 Å². The molecular weight excluding hydrogens is 396 g/mol. The molecule has 1 heterocycles. The molecule has 164 valence electrons. The minimum absolute atomic E-state index is 0.409. The molecule has 0 aliphatic carbocycles. The second-order valence-electron chi connectivity index (χ2n) is 7.23. The Balaban J connectivity index is 1.99. The number of ether oxygens (including phenoxy) is 2. The Morgan fingerprint density at radius 3 is 2.68 bits per heavy atom. The molecule has 0 radical (unpaired) electrons. The molecule has 8 nitrogen and oxygen atoms in total. The van der Waals surface area contributed by atoms with Gasteiger partial charge in [-0.3, -0.25) is 10.0 Å². The predicted octanol–water partition coefficient (Wildman–Crippen LogP) is 4.16. The first-order chi connectivity index (χ1) is 15.0. The number of anilines is 2. The average Bonchev–Trinajstić information content (AvgIpc) is 2.79. The number of carbonyl (C=O) groups excluding carboxylic acids is 1. The van der Waals surface area contributed by atoms with E-state index in [2.05, 4.69) is 9.97 Å². The van der Waals surface area contributed by atoms with Crippen LogP contribution in [0.3, 0.4) is 0 Å². The maximum Gasteiger partial charge on any atom is 0.284 e. The second kappa shape index (κ2) is 10.1. The maximum atomic E-state index is 12.1. The fourth-order valence-corrected chi connectivity index (χ4v) is 3.38. The van der Waals surface area contributed by atoms with E-state index in [9.17, 15) is 4.79 Å². The molecule has 0 saturated heterocycles. The lowest BCUT2D eigenvalue weighted by Crippen LogP contribution is -2.36. The van der Waals surface area contributed by atoms with Crippen LogP contribution in [0.2, 0.25) is 0 Å². The van der Waals surface area contributed by atoms with Gasteiger partial charge in [0.25, 0.3) is 5.91 Å². The highest BCUT2D eigenvalue weighted by Crippen LogP contribution is 2.36. The third-order valence-corrected chi connectivity index (χ3v) is 5.04. The number of aromatic nitrogens is 2. The first kappa shape index (κ1) is 22.3. The number of amides is 1. The molecule has 1 aromatic heterocycles. The van der Waals surface area contributed by atoms with Crippen molar-refractivity contribution in [1.29, 1.82) is 0 Å². The third kappa shape index (κ3) is 5.03. The molecule has 31 heavy (non-hydrogen) atoms. The van der Waals surface area contributed by atoms with Crippen molar-refractivity contribution in [2.75, 3.05) is 19.1 Å². The van der Waals surface area contributed by atoms with Gasteiger partial charge in [-0.15, -0.1) is 0 Å². The molecule has 1 amide bonds. The lowest BCUT2D eigenvalue weighted by molar-refractivity contribution is -0.136. The first-order valence-electron chi connectivity index (χ1n) is 10.2. The fourth-order valence-electron chi connectivity index (χ4n) is 3.38. The average molecular weight is 425 g/mol. The summed E-state index contributed by atoms with van der Waals surface area (Å²) >= 11 is 0. The summed E-state index contributed by atoms with van der Waals surface area (Å²) in [6, 6.07) is 13.3. The van der Waals surface area contributed by atoms with Crippen molar-refractivity contribution < 1.29 is 19.5 Å². The molecule has 0 saturated carbocycles. The van der Waals surface area contributed by atoms with Crippen LogP contribution in [-0.4, -0.2) is 41.3 Å². The Morgan fingerprint density at radius 1 is 1.19 bits per heavy atom. The molecule has 0 aliphatic rings. The summed E-state index contributed by atoms with van der Waals surface area (Å²) in [6.45, 7) is 3.89. The normalized spacial score (nSPS) is 11.8. The van der Waals surface area contributed by atoms with Crippen LogP contribution >= 0.6 is 0 Å². The van der Waals surface area contributed by atoms with Crippen LogP contribution in [0.5, 0.6) is 11.5 Å². The molecule has 3 aromatic rings. The second-order valence-corrected chi connectivity index (χ2v) is 7.23. The highest BCUT2D eigenvalue weighted by Gasteiger charge is 2.22. The lowest BCUT2D eigenvalue weighted by Gasteiger charge is -2.23. The topological polar surface area (TPSA) is 96.8 Å². The summed E-state index contributed by atoms with van der Waals surface area (Å²) in [7, 11) is 3.45. The number of nitrogens with one attached hydrogen (secondary N) is 1. The zero-order chi connectivity index (χ0) is 22.4. The van der Waals surface area contributed by atoms with E-state index in [1.54, 1.807) is 24.7 Å². The van der Waals surface area contributed by atoms with Crippen LogP contribution in [0, 0.1) is 6.92 Å². The summed E-state index contributed by atoms with van der Waals surface area (Å²) in [5.41, 5.74) is 3.35. The van der Waals surface area contributed by atoms with Crippen molar-refractivity contribution >= 4 is 28.3 Å². The van der Waals surface area contributed by atoms with E-state index < -0.39 is 12.0 Å². The Hall–Kier alpha value is -3.39. The zero-order valence-electron chi connectivity index (χ0n) is 18.3. The molecule has 1 atom stereocenters. The Bertz CT molecular complexity index is 1060. The van der Waals surface area contributed by atoms with Gasteiger partial charge in [0.1, 0.15) is 11.6 Å². The van der Waals surface area contributed by atoms with Gasteiger partial charge in [-0.25, -0.2) is 15.4 Å². The van der Waals surface area contributed by atoms with E-state index in [0.29, 0.717) is 23.7 Å². The largest absolute Gasteiger partial charge is 0.493 e. The summed E-state index contributed by atoms with van der Waals surface area (Å²) in [4.78, 5) is 23.2. The first-order valence-corrected chi connectivity index (χ1v) is 10.2. The molecular formula is C23H28N4O4. The standard InChI is InChI=1S/C23H28N4O4/c1-5-6-11-20(23(28)26-29)31-21-14-16(12-13-19(21)30-4)27(3)22-17-9-7-8-10-18(17)24-15(2)25-22/h7-10,12-14,20,29H,5-6,11H2,1-4H3,(H,26,28). The summed E-state index contributed by atoms with van der Waals surface area (Å²) in [5.74, 6) is 1.74. The van der Waals surface area contributed by atoms with E-state index in [0.717, 1.165) is 35.2 Å². The molecule has 2 N–H and O–H groups in total. The number of unbranched alkanes of at least 4 members (excludes halogenated alkanes) is 1. The van der Waals surface area contributed by atoms with Crippen LogP contribution in [0.4, 0.5) is 11.5 Å². The van der Waals surface area contributed by atoms with Crippen molar-refractivity contribution in [3.8, 4) is 11.5 Å². The van der Waals surface area contributed by atoms with E-state index in [4.69, 9.17) is 14.7 Å². The Labute approximate surface area is 181 Å². The van der Waals surface area contributed by atoms with Gasteiger partial charge >= 0.3 is 0 Å². The maximum absolute atomic E-state index is 12.1. The number of para-hydroxylation sites is 1. The number of aryl methyl sites for hydroxylation is 1. The number of benzene rings is 2. The van der Waals surface area contributed by atoms with E-state index in [-0.39, 0.29) is 0 Å². The van der Waals surface area contributed by atoms with Crippen molar-refractivity contribution in [3.63, 3.8) is 0 Å². The predicted molar refractivity (Wildman–Crippen MR) is 119 cm³/mol. The Kier molecular flexibility index (Phi) is 7.25. The number of nitrogens with zero attached hydrogens (tertiary/aromatic N) is 3. The number of rotatable bonds is 9. The van der Waals surface area contributed by atoms with Crippen LogP contribution < -0.4 is 19.9 Å². The number of hydrogen-bond acceptors (Lipinski definition) is 7. The van der Waals surface area contributed by atoms with Crippen LogP contribution in [0.15, 0.2) is 42.5 Å². The molecule has 3 rings (SSSR count). The smallest absolute Gasteiger partial charge is 0.284 e. The van der Waals surface area contributed by atoms with E-state index in [1.165, 1.54) is 0 Å². The van der Waals surface area contributed by atoms with Gasteiger partial charge in [-0.1, -0.05) is 25.5 Å². The van der Waals surface area contributed by atoms with Crippen molar-refractivity contribution in [1.82, 2.24) is 15.4 Å². The fraction of sp³-hybridized carbons (Fsp3) is 0.348. The van der Waals surface area contributed by atoms with Gasteiger partial charge < -0.3 is 14.4 Å². The Morgan fingerprint density at radius 2 is 1.97 bits per heavy atom. The van der Waals surface area contributed by atoms with Gasteiger partial charge in [-0.05, 0) is 44.0 Å². The van der Waals surface area contributed by atoms with Crippen molar-refractivity contribution in [2.45, 2.75) is 39.2 Å². The number of methoxy groups -OCH3 is 1. The van der Waals surface area contributed by atoms with Gasteiger partial charge in [-0.2, -0.15) is 0 Å². The summed E-state index contributed by atoms with van der Waals surface area (Å²) in [5, 5.41) is 10.0. The molecule has 0 aliphatic heterocycles. The highest BCUT2D eigenvalue weighted by molar-refractivity contribution is 5.91. The van der Waals surface area contributed by atoms with E-state index >= 15 is 0 Å². The van der Waals surface area contributed by atoms with Gasteiger partial charge in [0.15, 0.2) is 17.6 Å². The molecule has 2 aromatic carbocycles. The third-order valence-electron chi connectivity index (χ3n) is 5.04. The SMILES string of the molecule is CCCCC(Oc1cc(N(C)c2nc(C)nc3ccccc23)ccc1OC)C(=O)NO. The van der Waals surface area contributed by atoms with E-state index in [1.807, 2.05) is 56.1 Å². The van der Waals surface area contributed by atoms with Crippen molar-refractivity contribution in [2.24, 2.45) is 0 Å². The monoisotopic (exact) mass is 424 g/mol. The van der Waals surface area contributed by atoms with Gasteiger partial charge in [0, 0.05) is 24.2 Å². The minimum Gasteiger partial charge on any atom is -0.493 e. The highest BCUT2D eigenvalue weighted by atomic mass is 16.5. The number of fused-ring (bicyclic) bond motifs is 1. The molecule has 1 unspecified atom stereocenters. The number of hydroxylamine groups is 1. The summed E-state index contributed by atoms with van der Waals surface area (Å²) in [6.07, 6.45) is 1.33. The van der Waals surface area contributed by atoms with Gasteiger partial charge in [0.2, 0.25) is 0 Å². The number of carbonyl (C=O) groups is 1. The van der Waals surface area contributed by atoms with Crippen LogP contribution in [-0.2, 0) is 4.79 Å². The molecule has 0 bridgehead atoms. The van der Waals surface area contributed by atoms with Crippen LogP contribution in [0.25, 0.3) is 10.9 Å². The molecule has 0 spiro atoms. The molecule has 0 fully saturated rings. The molecule has 8 heteroatoms. The zero-order valence-corrected chi connectivity index (χ0v) is 18.3. The lowest BCUT2D eigenvalue weighted by atomic mass is 10.1. The van der Waals surface area contributed by atoms with Crippen LogP contribution in [0.1, 0.15) is 32.0 Å². The summed E-state index contributed by atoms with van der Waals surface area (Å²) < 4.78 is 11.4. The number of hydrogen-bond donors (Lipinski definition) is 2. The quantitative estimate of drug-likeness (QED) is 0.393.